The molecule has 1 atom stereocenters. The predicted molar refractivity (Wildman–Crippen MR) is 51.2 cm³/mol. The maximum Gasteiger partial charge on any atom is 0.167 e. The molecule has 0 aliphatic rings. The number of rotatable bonds is 1. The standard InChI is InChI=1S/C8H9ClN4O/c1-4(14)8-12-11-7-3-6(9)10-5(2)13(7)8/h3-4,14H,1-2H3/t4-/m0/s1. The van der Waals surface area contributed by atoms with Gasteiger partial charge < -0.3 is 5.11 Å². The number of halogens is 1. The highest BCUT2D eigenvalue weighted by Gasteiger charge is 2.13. The van der Waals surface area contributed by atoms with Gasteiger partial charge >= 0.3 is 0 Å². The molecule has 0 amide bonds. The summed E-state index contributed by atoms with van der Waals surface area (Å²) in [5.41, 5.74) is 0.596. The van der Waals surface area contributed by atoms with Crippen LogP contribution >= 0.6 is 11.6 Å². The molecule has 14 heavy (non-hydrogen) atoms. The molecule has 0 saturated heterocycles. The molecule has 2 heterocycles. The van der Waals surface area contributed by atoms with Crippen molar-refractivity contribution in [3.8, 4) is 0 Å². The lowest BCUT2D eigenvalue weighted by Crippen LogP contribution is -2.03. The number of hydrogen-bond acceptors (Lipinski definition) is 4. The van der Waals surface area contributed by atoms with E-state index in [0.29, 0.717) is 22.4 Å². The number of aromatic nitrogens is 4. The highest BCUT2D eigenvalue weighted by molar-refractivity contribution is 6.29. The molecule has 0 saturated carbocycles. The van der Waals surface area contributed by atoms with E-state index in [9.17, 15) is 5.11 Å². The molecule has 0 bridgehead atoms. The fraction of sp³-hybridized carbons (Fsp3) is 0.375. The highest BCUT2D eigenvalue weighted by atomic mass is 35.5. The third-order valence-corrected chi connectivity index (χ3v) is 2.12. The van der Waals surface area contributed by atoms with Crippen molar-refractivity contribution in [1.29, 1.82) is 0 Å². The van der Waals surface area contributed by atoms with Crippen LogP contribution in [0.25, 0.3) is 5.65 Å². The minimum Gasteiger partial charge on any atom is -0.385 e. The smallest absolute Gasteiger partial charge is 0.167 e. The average Bonchev–Trinajstić information content (AvgIpc) is 2.47. The van der Waals surface area contributed by atoms with Crippen LogP contribution in [0, 0.1) is 6.92 Å². The molecule has 0 aliphatic carbocycles. The van der Waals surface area contributed by atoms with Gasteiger partial charge in [-0.1, -0.05) is 11.6 Å². The molecule has 2 aromatic heterocycles. The molecule has 2 aromatic rings. The zero-order valence-corrected chi connectivity index (χ0v) is 8.52. The Morgan fingerprint density at radius 3 is 2.86 bits per heavy atom. The van der Waals surface area contributed by atoms with Crippen molar-refractivity contribution in [3.05, 3.63) is 22.9 Å². The average molecular weight is 213 g/mol. The first kappa shape index (κ1) is 9.36. The van der Waals surface area contributed by atoms with Crippen LogP contribution in [0.3, 0.4) is 0 Å². The largest absolute Gasteiger partial charge is 0.385 e. The maximum absolute atomic E-state index is 9.42. The lowest BCUT2D eigenvalue weighted by molar-refractivity contribution is 0.187. The fourth-order valence-corrected chi connectivity index (χ4v) is 1.57. The van der Waals surface area contributed by atoms with Crippen LogP contribution in [-0.4, -0.2) is 24.7 Å². The molecule has 2 rings (SSSR count). The molecule has 0 fully saturated rings. The summed E-state index contributed by atoms with van der Waals surface area (Å²) in [6, 6.07) is 1.60. The van der Waals surface area contributed by atoms with Gasteiger partial charge in [0.1, 0.15) is 17.1 Å². The van der Waals surface area contributed by atoms with E-state index >= 15 is 0 Å². The minimum atomic E-state index is -0.674. The number of hydrogen-bond donors (Lipinski definition) is 1. The maximum atomic E-state index is 9.42. The quantitative estimate of drug-likeness (QED) is 0.720. The molecular formula is C8H9ClN4O. The molecule has 0 spiro atoms. The predicted octanol–water partition coefficient (Wildman–Crippen LogP) is 1.14. The first-order chi connectivity index (χ1) is 6.59. The molecule has 0 aliphatic heterocycles. The van der Waals surface area contributed by atoms with Crippen molar-refractivity contribution in [1.82, 2.24) is 19.6 Å². The van der Waals surface area contributed by atoms with E-state index in [1.165, 1.54) is 0 Å². The Morgan fingerprint density at radius 2 is 2.21 bits per heavy atom. The lowest BCUT2D eigenvalue weighted by atomic mass is 10.4. The molecule has 5 nitrogen and oxygen atoms in total. The van der Waals surface area contributed by atoms with E-state index < -0.39 is 6.10 Å². The van der Waals surface area contributed by atoms with E-state index in [-0.39, 0.29) is 0 Å². The lowest BCUT2D eigenvalue weighted by Gasteiger charge is -2.04. The van der Waals surface area contributed by atoms with Crippen LogP contribution in [0.15, 0.2) is 6.07 Å². The van der Waals surface area contributed by atoms with Gasteiger partial charge in [0.2, 0.25) is 0 Å². The second kappa shape index (κ2) is 3.18. The first-order valence-corrected chi connectivity index (χ1v) is 4.53. The summed E-state index contributed by atoms with van der Waals surface area (Å²) in [5, 5.41) is 17.5. The molecule has 1 N–H and O–H groups in total. The number of fused-ring (bicyclic) bond motifs is 1. The van der Waals surface area contributed by atoms with Crippen molar-refractivity contribution < 1.29 is 5.11 Å². The van der Waals surface area contributed by atoms with Crippen molar-refractivity contribution in [2.75, 3.05) is 0 Å². The van der Waals surface area contributed by atoms with E-state index in [1.54, 1.807) is 24.3 Å². The van der Waals surface area contributed by atoms with E-state index in [4.69, 9.17) is 11.6 Å². The highest BCUT2D eigenvalue weighted by Crippen LogP contribution is 2.15. The molecule has 0 radical (unpaired) electrons. The zero-order chi connectivity index (χ0) is 10.3. The first-order valence-electron chi connectivity index (χ1n) is 4.16. The van der Waals surface area contributed by atoms with Crippen LogP contribution in [0.5, 0.6) is 0 Å². The van der Waals surface area contributed by atoms with Crippen LogP contribution < -0.4 is 0 Å². The second-order valence-electron chi connectivity index (χ2n) is 3.05. The third kappa shape index (κ3) is 1.34. The van der Waals surface area contributed by atoms with Crippen molar-refractivity contribution in [3.63, 3.8) is 0 Å². The van der Waals surface area contributed by atoms with Gasteiger partial charge in [-0.3, -0.25) is 4.40 Å². The van der Waals surface area contributed by atoms with Gasteiger partial charge in [-0.25, -0.2) is 4.98 Å². The Hall–Kier alpha value is -1.20. The molecule has 0 unspecified atom stereocenters. The third-order valence-electron chi connectivity index (χ3n) is 1.93. The topological polar surface area (TPSA) is 63.3 Å². The summed E-state index contributed by atoms with van der Waals surface area (Å²) in [5.74, 6) is 1.13. The van der Waals surface area contributed by atoms with Crippen LogP contribution in [0.2, 0.25) is 5.15 Å². The van der Waals surface area contributed by atoms with Gasteiger partial charge in [0.05, 0.1) is 0 Å². The van der Waals surface area contributed by atoms with Gasteiger partial charge in [0, 0.05) is 6.07 Å². The van der Waals surface area contributed by atoms with Crippen molar-refractivity contribution in [2.45, 2.75) is 20.0 Å². The Kier molecular flexibility index (Phi) is 2.13. The van der Waals surface area contributed by atoms with Crippen LogP contribution in [0.1, 0.15) is 24.7 Å². The summed E-state index contributed by atoms with van der Waals surface area (Å²) in [6.45, 7) is 3.42. The van der Waals surface area contributed by atoms with Crippen LogP contribution in [-0.2, 0) is 0 Å². The Bertz CT molecular complexity index is 479. The van der Waals surface area contributed by atoms with E-state index in [1.807, 2.05) is 0 Å². The van der Waals surface area contributed by atoms with Crippen molar-refractivity contribution >= 4 is 17.2 Å². The van der Waals surface area contributed by atoms with Gasteiger partial charge in [0.25, 0.3) is 0 Å². The number of aryl methyl sites for hydroxylation is 1. The Labute approximate surface area is 85.4 Å². The number of nitrogens with zero attached hydrogens (tertiary/aromatic N) is 4. The van der Waals surface area contributed by atoms with Gasteiger partial charge in [-0.05, 0) is 13.8 Å². The van der Waals surface area contributed by atoms with Gasteiger partial charge in [-0.2, -0.15) is 0 Å². The minimum absolute atomic E-state index is 0.375. The van der Waals surface area contributed by atoms with E-state index in [2.05, 4.69) is 15.2 Å². The molecular weight excluding hydrogens is 204 g/mol. The summed E-state index contributed by atoms with van der Waals surface area (Å²) >= 11 is 5.76. The number of aliphatic hydroxyl groups excluding tert-OH is 1. The summed E-state index contributed by atoms with van der Waals surface area (Å²) in [4.78, 5) is 4.05. The SMILES string of the molecule is Cc1nc(Cl)cc2nnc([C@H](C)O)n12. The molecule has 0 aromatic carbocycles. The van der Waals surface area contributed by atoms with Crippen molar-refractivity contribution in [2.24, 2.45) is 0 Å². The fourth-order valence-electron chi connectivity index (χ4n) is 1.35. The Morgan fingerprint density at radius 1 is 1.50 bits per heavy atom. The monoisotopic (exact) mass is 212 g/mol. The summed E-state index contributed by atoms with van der Waals surface area (Å²) < 4.78 is 1.68. The van der Waals surface area contributed by atoms with E-state index in [0.717, 1.165) is 0 Å². The van der Waals surface area contributed by atoms with Gasteiger partial charge in [-0.15, -0.1) is 10.2 Å². The summed E-state index contributed by atoms with van der Waals surface area (Å²) in [7, 11) is 0. The summed E-state index contributed by atoms with van der Waals surface area (Å²) in [6.07, 6.45) is -0.674. The Balaban J connectivity index is 2.79. The second-order valence-corrected chi connectivity index (χ2v) is 3.44. The molecule has 6 heteroatoms. The van der Waals surface area contributed by atoms with Crippen LogP contribution in [0.4, 0.5) is 0 Å². The normalized spacial score (nSPS) is 13.4. The molecule has 74 valence electrons. The van der Waals surface area contributed by atoms with Gasteiger partial charge in [0.15, 0.2) is 11.5 Å². The zero-order valence-electron chi connectivity index (χ0n) is 7.77. The number of aliphatic hydroxyl groups is 1.